The number of para-hydroxylation sites is 1. The first-order valence-corrected chi connectivity index (χ1v) is 7.21. The first-order valence-electron chi connectivity index (χ1n) is 5.67. The van der Waals surface area contributed by atoms with Crippen LogP contribution in [-0.2, 0) is 10.0 Å². The second-order valence-electron chi connectivity index (χ2n) is 4.00. The van der Waals surface area contributed by atoms with Gasteiger partial charge in [0.25, 0.3) is 0 Å². The van der Waals surface area contributed by atoms with Crippen LogP contribution in [0.2, 0.25) is 0 Å². The van der Waals surface area contributed by atoms with Gasteiger partial charge in [0.1, 0.15) is 5.75 Å². The fourth-order valence-corrected chi connectivity index (χ4v) is 2.01. The molecule has 0 radical (unpaired) electrons. The lowest BCUT2D eigenvalue weighted by Gasteiger charge is -2.02. The second kappa shape index (κ2) is 5.72. The quantitative estimate of drug-likeness (QED) is 0.586. The molecule has 0 aliphatic carbocycles. The molecule has 0 amide bonds. The molecule has 0 heterocycles. The molecule has 2 aromatic carbocycles. The number of phenolic OH excluding ortho intramolecular Hbond substituents is 1. The van der Waals surface area contributed by atoms with Gasteiger partial charge in [-0.1, -0.05) is 12.1 Å². The molecule has 0 saturated heterocycles. The molecule has 6 nitrogen and oxygen atoms in total. The van der Waals surface area contributed by atoms with Crippen molar-refractivity contribution < 1.29 is 13.5 Å². The Morgan fingerprint density at radius 1 is 1.10 bits per heavy atom. The number of primary sulfonamides is 1. The number of phenols is 1. The number of hydrogen-bond acceptors (Lipinski definition) is 5. The van der Waals surface area contributed by atoms with Crippen molar-refractivity contribution in [1.29, 1.82) is 0 Å². The average Bonchev–Trinajstić information content (AvgIpc) is 2.40. The predicted octanol–water partition coefficient (Wildman–Crippen LogP) is 1.49. The van der Waals surface area contributed by atoms with Crippen LogP contribution in [0.25, 0.3) is 0 Å². The third-order valence-electron chi connectivity index (χ3n) is 2.52. The Labute approximate surface area is 116 Å². The first kappa shape index (κ1) is 14.0. The van der Waals surface area contributed by atoms with Gasteiger partial charge in [-0.25, -0.2) is 13.6 Å². The van der Waals surface area contributed by atoms with Crippen LogP contribution in [0.3, 0.4) is 0 Å². The fraction of sp³-hybridized carbons (Fsp3) is 0. The Bertz CT molecular complexity index is 725. The summed E-state index contributed by atoms with van der Waals surface area (Å²) in [5.74, 6) is 0.127. The number of nitrogens with one attached hydrogen (secondary N) is 1. The Morgan fingerprint density at radius 3 is 2.35 bits per heavy atom. The van der Waals surface area contributed by atoms with Gasteiger partial charge < -0.3 is 5.11 Å². The standard InChI is InChI=1S/C13H13N3O3S/c14-20(18,19)12-7-5-11(6-8-12)16-15-9-10-3-1-2-4-13(10)17/h1-9,16-17H,(H2,14,18,19). The van der Waals surface area contributed by atoms with E-state index in [0.717, 1.165) is 0 Å². The van der Waals surface area contributed by atoms with Gasteiger partial charge in [-0.05, 0) is 36.4 Å². The molecule has 7 heteroatoms. The Balaban J connectivity index is 2.07. The topological polar surface area (TPSA) is 105 Å². The molecule has 0 atom stereocenters. The van der Waals surface area contributed by atoms with Gasteiger partial charge in [-0.15, -0.1) is 0 Å². The minimum Gasteiger partial charge on any atom is -0.507 e. The minimum atomic E-state index is -3.69. The van der Waals surface area contributed by atoms with E-state index in [4.69, 9.17) is 5.14 Å². The van der Waals surface area contributed by atoms with Crippen molar-refractivity contribution in [1.82, 2.24) is 0 Å². The molecule has 0 unspecified atom stereocenters. The largest absolute Gasteiger partial charge is 0.507 e. The first-order chi connectivity index (χ1) is 9.47. The van der Waals surface area contributed by atoms with E-state index in [1.165, 1.54) is 18.3 Å². The normalized spacial score (nSPS) is 11.7. The van der Waals surface area contributed by atoms with Crippen molar-refractivity contribution in [3.05, 3.63) is 54.1 Å². The molecular formula is C13H13N3O3S. The van der Waals surface area contributed by atoms with Crippen molar-refractivity contribution in [2.45, 2.75) is 4.90 Å². The van der Waals surface area contributed by atoms with E-state index in [9.17, 15) is 13.5 Å². The van der Waals surface area contributed by atoms with Crippen LogP contribution in [0.5, 0.6) is 5.75 Å². The number of aromatic hydroxyl groups is 1. The summed E-state index contributed by atoms with van der Waals surface area (Å²) in [5, 5.41) is 18.5. The van der Waals surface area contributed by atoms with Crippen LogP contribution in [0, 0.1) is 0 Å². The smallest absolute Gasteiger partial charge is 0.238 e. The summed E-state index contributed by atoms with van der Waals surface area (Å²) in [5.41, 5.74) is 3.89. The van der Waals surface area contributed by atoms with Gasteiger partial charge in [-0.2, -0.15) is 5.10 Å². The SMILES string of the molecule is NS(=O)(=O)c1ccc(NN=Cc2ccccc2O)cc1. The lowest BCUT2D eigenvalue weighted by Crippen LogP contribution is -2.11. The Morgan fingerprint density at radius 2 is 1.75 bits per heavy atom. The molecule has 104 valence electrons. The number of sulfonamides is 1. The summed E-state index contributed by atoms with van der Waals surface area (Å²) in [6.07, 6.45) is 1.46. The van der Waals surface area contributed by atoms with E-state index in [2.05, 4.69) is 10.5 Å². The summed E-state index contributed by atoms with van der Waals surface area (Å²) in [6.45, 7) is 0. The van der Waals surface area contributed by atoms with E-state index < -0.39 is 10.0 Å². The van der Waals surface area contributed by atoms with Gasteiger partial charge in [0, 0.05) is 5.56 Å². The molecule has 0 aromatic heterocycles. The van der Waals surface area contributed by atoms with Crippen molar-refractivity contribution in [3.8, 4) is 5.75 Å². The van der Waals surface area contributed by atoms with E-state index in [0.29, 0.717) is 11.3 Å². The maximum atomic E-state index is 11.1. The highest BCUT2D eigenvalue weighted by molar-refractivity contribution is 7.89. The number of nitrogens with zero attached hydrogens (tertiary/aromatic N) is 1. The molecule has 0 saturated carbocycles. The van der Waals surface area contributed by atoms with Gasteiger partial charge in [0.2, 0.25) is 10.0 Å². The molecule has 0 spiro atoms. The number of rotatable bonds is 4. The predicted molar refractivity (Wildman–Crippen MR) is 77.1 cm³/mol. The number of hydrogen-bond donors (Lipinski definition) is 3. The van der Waals surface area contributed by atoms with Gasteiger partial charge in [0.05, 0.1) is 16.8 Å². The highest BCUT2D eigenvalue weighted by atomic mass is 32.2. The highest BCUT2D eigenvalue weighted by Gasteiger charge is 2.06. The number of anilines is 1. The Kier molecular flexibility index (Phi) is 4.02. The van der Waals surface area contributed by atoms with Crippen molar-refractivity contribution in [2.75, 3.05) is 5.43 Å². The number of nitrogens with two attached hydrogens (primary N) is 1. The van der Waals surface area contributed by atoms with Gasteiger partial charge in [0.15, 0.2) is 0 Å². The van der Waals surface area contributed by atoms with Gasteiger partial charge in [-0.3, -0.25) is 5.43 Å². The lowest BCUT2D eigenvalue weighted by atomic mass is 10.2. The zero-order chi connectivity index (χ0) is 14.6. The molecule has 0 aliphatic heterocycles. The van der Waals surface area contributed by atoms with E-state index >= 15 is 0 Å². The molecule has 20 heavy (non-hydrogen) atoms. The van der Waals surface area contributed by atoms with Crippen LogP contribution in [0.4, 0.5) is 5.69 Å². The third-order valence-corrected chi connectivity index (χ3v) is 3.45. The zero-order valence-electron chi connectivity index (χ0n) is 10.4. The summed E-state index contributed by atoms with van der Waals surface area (Å²) in [6, 6.07) is 12.6. The maximum Gasteiger partial charge on any atom is 0.238 e. The molecule has 0 aliphatic rings. The number of hydrazone groups is 1. The van der Waals surface area contributed by atoms with Crippen LogP contribution in [0.1, 0.15) is 5.56 Å². The summed E-state index contributed by atoms with van der Waals surface area (Å²) < 4.78 is 22.2. The average molecular weight is 291 g/mol. The van der Waals surface area contributed by atoms with E-state index in [1.807, 2.05) is 0 Å². The van der Waals surface area contributed by atoms with Crippen molar-refractivity contribution in [2.24, 2.45) is 10.2 Å². The molecule has 0 fully saturated rings. The van der Waals surface area contributed by atoms with Crippen LogP contribution >= 0.6 is 0 Å². The molecule has 2 aromatic rings. The van der Waals surface area contributed by atoms with Crippen LogP contribution in [-0.4, -0.2) is 19.7 Å². The summed E-state index contributed by atoms with van der Waals surface area (Å²) in [7, 11) is -3.69. The molecule has 4 N–H and O–H groups in total. The highest BCUT2D eigenvalue weighted by Crippen LogP contribution is 2.14. The fourth-order valence-electron chi connectivity index (χ4n) is 1.49. The lowest BCUT2D eigenvalue weighted by molar-refractivity contribution is 0.474. The summed E-state index contributed by atoms with van der Waals surface area (Å²) in [4.78, 5) is 0.0349. The monoisotopic (exact) mass is 291 g/mol. The summed E-state index contributed by atoms with van der Waals surface area (Å²) >= 11 is 0. The molecule has 2 rings (SSSR count). The molecular weight excluding hydrogens is 278 g/mol. The second-order valence-corrected chi connectivity index (χ2v) is 5.56. The number of benzene rings is 2. The van der Waals surface area contributed by atoms with E-state index in [1.54, 1.807) is 36.4 Å². The van der Waals surface area contributed by atoms with E-state index in [-0.39, 0.29) is 10.6 Å². The minimum absolute atomic E-state index is 0.0349. The Hall–Kier alpha value is -2.38. The maximum absolute atomic E-state index is 11.1. The van der Waals surface area contributed by atoms with Crippen LogP contribution in [0.15, 0.2) is 58.5 Å². The van der Waals surface area contributed by atoms with Crippen LogP contribution < -0.4 is 10.6 Å². The van der Waals surface area contributed by atoms with Gasteiger partial charge >= 0.3 is 0 Å². The molecule has 0 bridgehead atoms. The van der Waals surface area contributed by atoms with Crippen molar-refractivity contribution >= 4 is 21.9 Å². The zero-order valence-corrected chi connectivity index (χ0v) is 11.2. The third kappa shape index (κ3) is 3.56. The van der Waals surface area contributed by atoms with Crippen molar-refractivity contribution in [3.63, 3.8) is 0 Å².